The van der Waals surface area contributed by atoms with Crippen molar-refractivity contribution in [2.75, 3.05) is 27.2 Å². The van der Waals surface area contributed by atoms with Crippen molar-refractivity contribution >= 4 is 21.8 Å². The topological polar surface area (TPSA) is 91.7 Å². The lowest BCUT2D eigenvalue weighted by Crippen LogP contribution is -2.35. The summed E-state index contributed by atoms with van der Waals surface area (Å²) < 4.78 is 28.7. The van der Waals surface area contributed by atoms with Crippen LogP contribution in [0.4, 0.5) is 0 Å². The molecule has 8 nitrogen and oxygen atoms in total. The lowest BCUT2D eigenvalue weighted by Gasteiger charge is -2.25. The number of hydrogen-bond donors (Lipinski definition) is 1. The van der Waals surface area contributed by atoms with Gasteiger partial charge in [-0.15, -0.1) is 0 Å². The van der Waals surface area contributed by atoms with E-state index in [1.54, 1.807) is 39.3 Å². The van der Waals surface area contributed by atoms with Crippen LogP contribution in [0, 0.1) is 0 Å². The smallest absolute Gasteiger partial charge is 0.268 e. The zero-order valence-corrected chi connectivity index (χ0v) is 18.4. The number of benzene rings is 1. The first-order chi connectivity index (χ1) is 14.2. The molecule has 9 heteroatoms. The summed E-state index contributed by atoms with van der Waals surface area (Å²) in [5, 5.41) is 2.80. The maximum atomic E-state index is 12.9. The number of rotatable bonds is 6. The molecule has 2 aromatic rings. The van der Waals surface area contributed by atoms with Gasteiger partial charge in [0, 0.05) is 52.5 Å². The van der Waals surface area contributed by atoms with Gasteiger partial charge in [0.05, 0.1) is 0 Å². The van der Waals surface area contributed by atoms with Gasteiger partial charge in [-0.05, 0) is 36.6 Å². The van der Waals surface area contributed by atoms with Crippen molar-refractivity contribution in [3.63, 3.8) is 0 Å². The van der Waals surface area contributed by atoms with Gasteiger partial charge in [0.15, 0.2) is 0 Å². The maximum absolute atomic E-state index is 12.9. The summed E-state index contributed by atoms with van der Waals surface area (Å²) in [6.45, 7) is 1.26. The monoisotopic (exact) mass is 432 g/mol. The third-order valence-corrected chi connectivity index (χ3v) is 7.06. The minimum Gasteiger partial charge on any atom is -0.347 e. The second-order valence-corrected chi connectivity index (χ2v) is 9.66. The van der Waals surface area contributed by atoms with E-state index in [0.717, 1.165) is 24.8 Å². The van der Waals surface area contributed by atoms with Gasteiger partial charge >= 0.3 is 0 Å². The largest absolute Gasteiger partial charge is 0.347 e. The summed E-state index contributed by atoms with van der Waals surface area (Å²) in [6.07, 6.45) is 4.23. The Morgan fingerprint density at radius 3 is 2.47 bits per heavy atom. The molecule has 0 saturated carbocycles. The van der Waals surface area contributed by atoms with E-state index in [0.29, 0.717) is 18.7 Å². The van der Waals surface area contributed by atoms with E-state index in [1.165, 1.54) is 26.0 Å². The van der Waals surface area contributed by atoms with Crippen molar-refractivity contribution < 1.29 is 18.0 Å². The molecule has 1 aliphatic rings. The van der Waals surface area contributed by atoms with Crippen LogP contribution in [0.2, 0.25) is 0 Å². The first-order valence-electron chi connectivity index (χ1n) is 9.95. The summed E-state index contributed by atoms with van der Waals surface area (Å²) in [4.78, 5) is 26.4. The molecule has 0 radical (unpaired) electrons. The Bertz CT molecular complexity index is 1040. The number of carbonyl (C=O) groups is 2. The van der Waals surface area contributed by atoms with Crippen molar-refractivity contribution in [1.82, 2.24) is 19.1 Å². The Morgan fingerprint density at radius 1 is 1.10 bits per heavy atom. The molecule has 0 bridgehead atoms. The Morgan fingerprint density at radius 2 is 1.80 bits per heavy atom. The number of nitrogens with zero attached hydrogens (tertiary/aromatic N) is 3. The van der Waals surface area contributed by atoms with E-state index in [9.17, 15) is 18.0 Å². The minimum atomic E-state index is -3.60. The molecule has 162 valence electrons. The average molecular weight is 433 g/mol. The Balaban J connectivity index is 1.71. The molecule has 2 amide bonds. The zero-order valence-electron chi connectivity index (χ0n) is 17.6. The normalized spacial score (nSPS) is 15.0. The van der Waals surface area contributed by atoms with Crippen molar-refractivity contribution in [2.24, 2.45) is 7.05 Å². The Hall–Kier alpha value is -2.65. The first kappa shape index (κ1) is 22.0. The van der Waals surface area contributed by atoms with Gasteiger partial charge < -0.3 is 14.8 Å². The number of sulfonamides is 1. The van der Waals surface area contributed by atoms with Gasteiger partial charge in [-0.1, -0.05) is 18.6 Å². The van der Waals surface area contributed by atoms with Crippen molar-refractivity contribution in [2.45, 2.75) is 30.7 Å². The van der Waals surface area contributed by atoms with Crippen LogP contribution in [-0.4, -0.2) is 61.2 Å². The summed E-state index contributed by atoms with van der Waals surface area (Å²) in [5.74, 6) is -0.486. The summed E-state index contributed by atoms with van der Waals surface area (Å²) >= 11 is 0. The minimum absolute atomic E-state index is 0.113. The van der Waals surface area contributed by atoms with Gasteiger partial charge in [0.2, 0.25) is 10.0 Å². The highest BCUT2D eigenvalue weighted by atomic mass is 32.2. The summed E-state index contributed by atoms with van der Waals surface area (Å²) in [7, 11) is 1.42. The predicted molar refractivity (Wildman–Crippen MR) is 114 cm³/mol. The van der Waals surface area contributed by atoms with E-state index >= 15 is 0 Å². The fraction of sp³-hybridized carbons (Fsp3) is 0.429. The fourth-order valence-corrected chi connectivity index (χ4v) is 5.09. The molecular formula is C21H28N4O4S. The maximum Gasteiger partial charge on any atom is 0.268 e. The van der Waals surface area contributed by atoms with Gasteiger partial charge in [0.25, 0.3) is 11.8 Å². The molecule has 1 aromatic carbocycles. The third kappa shape index (κ3) is 4.73. The molecule has 2 heterocycles. The molecule has 1 aromatic heterocycles. The van der Waals surface area contributed by atoms with Gasteiger partial charge in [-0.2, -0.15) is 4.31 Å². The standard InChI is InChI=1S/C21H28N4O4S/c1-23(2)21(27)17-9-7-8-16(12-17)14-22-20(26)19-13-18(15-24(19)3)30(28,29)25-10-5-4-6-11-25/h7-9,12-13,15H,4-6,10-11,14H2,1-3H3,(H,22,26). The molecule has 1 fully saturated rings. The lowest BCUT2D eigenvalue weighted by atomic mass is 10.1. The second kappa shape index (κ2) is 9.01. The summed E-state index contributed by atoms with van der Waals surface area (Å²) in [6, 6.07) is 8.47. The van der Waals surface area contributed by atoms with Crippen LogP contribution in [0.3, 0.4) is 0 Å². The molecule has 1 aliphatic heterocycles. The number of aryl methyl sites for hydroxylation is 1. The van der Waals surface area contributed by atoms with Crippen LogP contribution in [-0.2, 0) is 23.6 Å². The molecule has 0 atom stereocenters. The highest BCUT2D eigenvalue weighted by molar-refractivity contribution is 7.89. The van der Waals surface area contributed by atoms with Crippen LogP contribution in [0.15, 0.2) is 41.4 Å². The zero-order chi connectivity index (χ0) is 21.9. The SMILES string of the molecule is CN(C)C(=O)c1cccc(CNC(=O)c2cc(S(=O)(=O)N3CCCCC3)cn2C)c1. The molecule has 0 spiro atoms. The fourth-order valence-electron chi connectivity index (χ4n) is 3.50. The number of hydrogen-bond acceptors (Lipinski definition) is 4. The van der Waals surface area contributed by atoms with Crippen LogP contribution in [0.5, 0.6) is 0 Å². The van der Waals surface area contributed by atoms with Gasteiger partial charge in [0.1, 0.15) is 10.6 Å². The molecule has 30 heavy (non-hydrogen) atoms. The number of piperidine rings is 1. The van der Waals surface area contributed by atoms with Crippen LogP contribution < -0.4 is 5.32 Å². The Kier molecular flexibility index (Phi) is 6.62. The molecule has 1 saturated heterocycles. The number of aromatic nitrogens is 1. The van der Waals surface area contributed by atoms with Crippen LogP contribution in [0.1, 0.15) is 45.7 Å². The first-order valence-corrected chi connectivity index (χ1v) is 11.4. The predicted octanol–water partition coefficient (Wildman–Crippen LogP) is 1.83. The highest BCUT2D eigenvalue weighted by Gasteiger charge is 2.28. The lowest BCUT2D eigenvalue weighted by molar-refractivity contribution is 0.0827. The number of amides is 2. The van der Waals surface area contributed by atoms with E-state index in [-0.39, 0.29) is 28.9 Å². The quantitative estimate of drug-likeness (QED) is 0.754. The summed E-state index contributed by atoms with van der Waals surface area (Å²) in [5.41, 5.74) is 1.60. The van der Waals surface area contributed by atoms with E-state index in [1.807, 2.05) is 6.07 Å². The highest BCUT2D eigenvalue weighted by Crippen LogP contribution is 2.22. The third-order valence-electron chi connectivity index (χ3n) is 5.20. The van der Waals surface area contributed by atoms with E-state index in [4.69, 9.17) is 0 Å². The molecule has 0 aliphatic carbocycles. The van der Waals surface area contributed by atoms with E-state index in [2.05, 4.69) is 5.32 Å². The second-order valence-electron chi connectivity index (χ2n) is 7.72. The average Bonchev–Trinajstić information content (AvgIpc) is 3.14. The van der Waals surface area contributed by atoms with E-state index < -0.39 is 10.0 Å². The Labute approximate surface area is 177 Å². The molecule has 1 N–H and O–H groups in total. The van der Waals surface area contributed by atoms with Crippen molar-refractivity contribution in [3.8, 4) is 0 Å². The molecule has 3 rings (SSSR count). The number of nitrogens with one attached hydrogen (secondary N) is 1. The molecular weight excluding hydrogens is 404 g/mol. The van der Waals surface area contributed by atoms with Crippen LogP contribution >= 0.6 is 0 Å². The molecule has 0 unspecified atom stereocenters. The van der Waals surface area contributed by atoms with Crippen LogP contribution in [0.25, 0.3) is 0 Å². The van der Waals surface area contributed by atoms with Gasteiger partial charge in [-0.3, -0.25) is 9.59 Å². The number of carbonyl (C=O) groups excluding carboxylic acids is 2. The van der Waals surface area contributed by atoms with Crippen molar-refractivity contribution in [1.29, 1.82) is 0 Å². The van der Waals surface area contributed by atoms with Gasteiger partial charge in [-0.25, -0.2) is 8.42 Å². The van der Waals surface area contributed by atoms with Crippen molar-refractivity contribution in [3.05, 3.63) is 53.3 Å².